The molecule has 0 saturated carbocycles. The second-order valence-corrected chi connectivity index (χ2v) is 7.23. The number of rotatable bonds is 5. The third kappa shape index (κ3) is 4.61. The molecule has 0 fully saturated rings. The third-order valence-electron chi connectivity index (χ3n) is 2.36. The summed E-state index contributed by atoms with van der Waals surface area (Å²) in [5.74, 6) is 0. The average molecular weight is 395 g/mol. The van der Waals surface area contributed by atoms with Gasteiger partial charge in [-0.1, -0.05) is 18.5 Å². The van der Waals surface area contributed by atoms with E-state index in [0.717, 1.165) is 0 Å². The van der Waals surface area contributed by atoms with Crippen LogP contribution in [0.2, 0.25) is 5.02 Å². The number of nitrogens with zero attached hydrogens (tertiary/aromatic N) is 1. The van der Waals surface area contributed by atoms with E-state index in [2.05, 4.69) is 15.9 Å². The van der Waals surface area contributed by atoms with Crippen LogP contribution in [0.15, 0.2) is 27.6 Å². The zero-order chi connectivity index (χ0) is 15.6. The van der Waals surface area contributed by atoms with Crippen LogP contribution in [0.4, 0.5) is 13.2 Å². The van der Waals surface area contributed by atoms with Gasteiger partial charge < -0.3 is 0 Å². The van der Waals surface area contributed by atoms with E-state index in [1.807, 2.05) is 0 Å². The SMILES string of the molecule is CCCN(CC(F)(F)F)S(=O)(=O)c1ccc(Cl)c(Br)c1. The number of hydrogen-bond acceptors (Lipinski definition) is 2. The van der Waals surface area contributed by atoms with Crippen molar-refractivity contribution in [2.45, 2.75) is 24.4 Å². The first kappa shape index (κ1) is 17.7. The van der Waals surface area contributed by atoms with Gasteiger partial charge in [0.05, 0.1) is 9.92 Å². The lowest BCUT2D eigenvalue weighted by Gasteiger charge is -2.23. The lowest BCUT2D eigenvalue weighted by Crippen LogP contribution is -2.39. The van der Waals surface area contributed by atoms with Gasteiger partial charge in [0.1, 0.15) is 6.54 Å². The van der Waals surface area contributed by atoms with E-state index < -0.39 is 22.7 Å². The second kappa shape index (κ2) is 6.64. The Morgan fingerprint density at radius 1 is 1.35 bits per heavy atom. The van der Waals surface area contributed by atoms with Gasteiger partial charge in [0.25, 0.3) is 0 Å². The molecule has 1 rings (SSSR count). The molecular weight excluding hydrogens is 383 g/mol. The minimum absolute atomic E-state index is 0.206. The van der Waals surface area contributed by atoms with Gasteiger partial charge >= 0.3 is 6.18 Å². The van der Waals surface area contributed by atoms with Gasteiger partial charge in [0.2, 0.25) is 10.0 Å². The van der Waals surface area contributed by atoms with Crippen LogP contribution in [-0.2, 0) is 10.0 Å². The quantitative estimate of drug-likeness (QED) is 0.755. The molecule has 3 nitrogen and oxygen atoms in total. The molecule has 9 heteroatoms. The summed E-state index contributed by atoms with van der Waals surface area (Å²) in [5, 5.41) is 0.279. The molecule has 0 spiro atoms. The van der Waals surface area contributed by atoms with Crippen LogP contribution >= 0.6 is 27.5 Å². The Kier molecular flexibility index (Phi) is 5.89. The molecular formula is C11H12BrClF3NO2S. The average Bonchev–Trinajstić information content (AvgIpc) is 2.30. The number of sulfonamides is 1. The molecule has 0 aliphatic heterocycles. The van der Waals surface area contributed by atoms with Crippen LogP contribution in [0, 0.1) is 0 Å². The van der Waals surface area contributed by atoms with E-state index in [1.165, 1.54) is 18.2 Å². The van der Waals surface area contributed by atoms with Crippen molar-refractivity contribution in [3.8, 4) is 0 Å². The van der Waals surface area contributed by atoms with E-state index in [9.17, 15) is 21.6 Å². The van der Waals surface area contributed by atoms with Gasteiger partial charge in [-0.2, -0.15) is 17.5 Å². The molecule has 0 unspecified atom stereocenters. The molecule has 0 atom stereocenters. The molecule has 1 aromatic carbocycles. The standard InChI is InChI=1S/C11H12BrClF3NO2S/c1-2-5-17(7-11(14,15)16)20(18,19)8-3-4-10(13)9(12)6-8/h3-4,6H,2,5,7H2,1H3. The van der Waals surface area contributed by atoms with E-state index in [4.69, 9.17) is 11.6 Å². The molecule has 0 aliphatic carbocycles. The first-order valence-electron chi connectivity index (χ1n) is 5.60. The number of alkyl halides is 3. The molecule has 0 saturated heterocycles. The maximum absolute atomic E-state index is 12.5. The predicted octanol–water partition coefficient (Wildman–Crippen LogP) is 4.07. The van der Waals surface area contributed by atoms with E-state index >= 15 is 0 Å². The fraction of sp³-hybridized carbons (Fsp3) is 0.455. The monoisotopic (exact) mass is 393 g/mol. The van der Waals surface area contributed by atoms with Gasteiger partial charge in [-0.05, 0) is 40.5 Å². The van der Waals surface area contributed by atoms with Gasteiger partial charge in [-0.15, -0.1) is 0 Å². The van der Waals surface area contributed by atoms with Crippen molar-refractivity contribution in [3.63, 3.8) is 0 Å². The van der Waals surface area contributed by atoms with Crippen LogP contribution < -0.4 is 0 Å². The summed E-state index contributed by atoms with van der Waals surface area (Å²) < 4.78 is 62.6. The summed E-state index contributed by atoms with van der Waals surface area (Å²) in [6.45, 7) is -0.109. The van der Waals surface area contributed by atoms with Crippen LogP contribution in [0.25, 0.3) is 0 Å². The molecule has 1 aromatic rings. The minimum atomic E-state index is -4.59. The molecule has 0 aromatic heterocycles. The van der Waals surface area contributed by atoms with Gasteiger partial charge in [0, 0.05) is 11.0 Å². The Bertz CT molecular complexity index is 578. The molecule has 0 heterocycles. The van der Waals surface area contributed by atoms with Gasteiger partial charge in [-0.25, -0.2) is 8.42 Å². The van der Waals surface area contributed by atoms with Crippen molar-refractivity contribution in [2.75, 3.05) is 13.1 Å². The topological polar surface area (TPSA) is 37.4 Å². The van der Waals surface area contributed by atoms with E-state index in [0.29, 0.717) is 8.78 Å². The highest BCUT2D eigenvalue weighted by molar-refractivity contribution is 9.10. The first-order valence-corrected chi connectivity index (χ1v) is 8.21. The van der Waals surface area contributed by atoms with Crippen molar-refractivity contribution < 1.29 is 21.6 Å². The maximum Gasteiger partial charge on any atom is 0.402 e. The summed E-state index contributed by atoms with van der Waals surface area (Å²) in [4.78, 5) is -0.230. The normalized spacial score (nSPS) is 12.9. The number of benzene rings is 1. The molecule has 0 bridgehead atoms. The van der Waals surface area contributed by atoms with Crippen LogP contribution in [0.3, 0.4) is 0 Å². The Morgan fingerprint density at radius 2 is 1.95 bits per heavy atom. The van der Waals surface area contributed by atoms with Crippen LogP contribution in [-0.4, -0.2) is 32.0 Å². The summed E-state index contributed by atoms with van der Waals surface area (Å²) in [6.07, 6.45) is -4.31. The molecule has 114 valence electrons. The maximum atomic E-state index is 12.5. The fourth-order valence-corrected chi connectivity index (χ4v) is 3.71. The highest BCUT2D eigenvalue weighted by atomic mass is 79.9. The van der Waals surface area contributed by atoms with Crippen LogP contribution in [0.1, 0.15) is 13.3 Å². The van der Waals surface area contributed by atoms with E-state index in [-0.39, 0.29) is 22.9 Å². The van der Waals surface area contributed by atoms with Crippen molar-refractivity contribution in [3.05, 3.63) is 27.7 Å². The van der Waals surface area contributed by atoms with Gasteiger partial charge in [0.15, 0.2) is 0 Å². The van der Waals surface area contributed by atoms with Crippen molar-refractivity contribution in [2.24, 2.45) is 0 Å². The Hall–Kier alpha value is -0.310. The zero-order valence-corrected chi connectivity index (χ0v) is 13.6. The van der Waals surface area contributed by atoms with Crippen molar-refractivity contribution in [1.82, 2.24) is 4.31 Å². The molecule has 0 aliphatic rings. The fourth-order valence-electron chi connectivity index (χ4n) is 1.52. The Morgan fingerprint density at radius 3 is 2.40 bits per heavy atom. The summed E-state index contributed by atoms with van der Waals surface area (Å²) in [7, 11) is -4.21. The number of halogens is 5. The van der Waals surface area contributed by atoms with E-state index in [1.54, 1.807) is 6.92 Å². The smallest absolute Gasteiger partial charge is 0.207 e. The number of hydrogen-bond donors (Lipinski definition) is 0. The van der Waals surface area contributed by atoms with Crippen LogP contribution in [0.5, 0.6) is 0 Å². The largest absolute Gasteiger partial charge is 0.402 e. The van der Waals surface area contributed by atoms with Crippen molar-refractivity contribution in [1.29, 1.82) is 0 Å². The van der Waals surface area contributed by atoms with Gasteiger partial charge in [-0.3, -0.25) is 0 Å². The third-order valence-corrected chi connectivity index (χ3v) is 5.41. The molecule has 20 heavy (non-hydrogen) atoms. The molecule has 0 amide bonds. The predicted molar refractivity (Wildman–Crippen MR) is 74.3 cm³/mol. The molecule has 0 radical (unpaired) electrons. The summed E-state index contributed by atoms with van der Waals surface area (Å²) in [6, 6.07) is 3.69. The Balaban J connectivity index is 3.18. The highest BCUT2D eigenvalue weighted by Gasteiger charge is 2.36. The highest BCUT2D eigenvalue weighted by Crippen LogP contribution is 2.28. The van der Waals surface area contributed by atoms with Crippen molar-refractivity contribution >= 4 is 37.6 Å². The zero-order valence-electron chi connectivity index (χ0n) is 10.4. The lowest BCUT2D eigenvalue weighted by molar-refractivity contribution is -0.136. The Labute approximate surface area is 128 Å². The second-order valence-electron chi connectivity index (χ2n) is 4.03. The first-order chi connectivity index (χ1) is 9.08. The summed E-state index contributed by atoms with van der Waals surface area (Å²) >= 11 is 8.79. The molecule has 0 N–H and O–H groups in total. The lowest BCUT2D eigenvalue weighted by atomic mass is 10.4. The summed E-state index contributed by atoms with van der Waals surface area (Å²) in [5.41, 5.74) is 0. The minimum Gasteiger partial charge on any atom is -0.207 e.